The van der Waals surface area contributed by atoms with Gasteiger partial charge in [0.15, 0.2) is 0 Å². The molecular weight excluding hydrogens is 322 g/mol. The topological polar surface area (TPSA) is 77.5 Å². The first-order valence-corrected chi connectivity index (χ1v) is 6.12. The van der Waals surface area contributed by atoms with Crippen molar-refractivity contribution in [1.82, 2.24) is 0 Å². The molecule has 0 aromatic rings. The second kappa shape index (κ2) is 5.58. The molecule has 0 aliphatic rings. The van der Waals surface area contributed by atoms with Gasteiger partial charge in [0.05, 0.1) is 6.10 Å². The Balaban J connectivity index is 5.96. The first-order valence-electron chi connectivity index (χ1n) is 4.74. The predicted molar refractivity (Wildman–Crippen MR) is 51.1 cm³/mol. The maximum atomic E-state index is 13.7. The predicted octanol–water partition coefficient (Wildman–Crippen LogP) is 1.37. The van der Waals surface area contributed by atoms with E-state index in [-0.39, 0.29) is 0 Å². The summed E-state index contributed by atoms with van der Waals surface area (Å²) in [4.78, 5) is 21.9. The molecule has 1 unspecified atom stereocenters. The highest BCUT2D eigenvalue weighted by Crippen LogP contribution is 2.35. The number of hydrogen-bond donors (Lipinski definition) is 0. The van der Waals surface area contributed by atoms with Gasteiger partial charge in [0, 0.05) is 0 Å². The molecule has 0 saturated heterocycles. The number of hydrogen-bond acceptors (Lipinski definition) is 5. The molecule has 0 fully saturated rings. The molecule has 0 spiro atoms. The van der Waals surface area contributed by atoms with Crippen molar-refractivity contribution in [3.63, 3.8) is 0 Å². The molecule has 0 rings (SSSR count). The Bertz CT molecular complexity index is 501. The van der Waals surface area contributed by atoms with E-state index in [4.69, 9.17) is 0 Å². The van der Waals surface area contributed by atoms with Gasteiger partial charge in [-0.2, -0.15) is 17.2 Å². The van der Waals surface area contributed by atoms with E-state index >= 15 is 0 Å². The van der Waals surface area contributed by atoms with Crippen molar-refractivity contribution in [3.8, 4) is 0 Å². The van der Waals surface area contributed by atoms with Crippen molar-refractivity contribution in [3.05, 3.63) is 0 Å². The molecule has 5 nitrogen and oxygen atoms in total. The summed E-state index contributed by atoms with van der Waals surface area (Å²) in [6.45, 7) is 1.97. The van der Waals surface area contributed by atoms with Crippen LogP contribution in [0.1, 0.15) is 13.8 Å². The van der Waals surface area contributed by atoms with Gasteiger partial charge in [-0.1, -0.05) is 0 Å². The molecule has 0 aliphatic heterocycles. The fourth-order valence-corrected chi connectivity index (χ4v) is 1.51. The van der Waals surface area contributed by atoms with Crippen LogP contribution in [0.5, 0.6) is 0 Å². The molecule has 12 heteroatoms. The number of Topliss-reactive ketones (excluding diaryl/α,β-unsaturated/α-hetero) is 1. The average Bonchev–Trinajstić information content (AvgIpc) is 2.23. The molecule has 0 radical (unpaired) electrons. The Hall–Kier alpha value is -1.33. The highest BCUT2D eigenvalue weighted by Gasteiger charge is 2.70. The molecule has 0 heterocycles. The van der Waals surface area contributed by atoms with E-state index in [1.54, 1.807) is 0 Å². The van der Waals surface area contributed by atoms with Crippen molar-refractivity contribution >= 4 is 22.0 Å². The summed E-state index contributed by atoms with van der Waals surface area (Å²) >= 11 is 0. The maximum Gasteiger partial charge on any atom is 0.397 e. The number of rotatable bonds is 6. The molecular formula is C8H8F6O5S. The van der Waals surface area contributed by atoms with E-state index in [2.05, 4.69) is 4.74 Å². The number of esters is 1. The Labute approximate surface area is 109 Å². The zero-order chi connectivity index (χ0) is 16.5. The van der Waals surface area contributed by atoms with Crippen molar-refractivity contribution in [2.45, 2.75) is 37.3 Å². The largest absolute Gasteiger partial charge is 0.459 e. The van der Waals surface area contributed by atoms with Crippen LogP contribution in [-0.4, -0.2) is 43.6 Å². The van der Waals surface area contributed by atoms with Crippen LogP contribution in [0, 0.1) is 0 Å². The van der Waals surface area contributed by atoms with E-state index in [1.807, 2.05) is 0 Å². The van der Waals surface area contributed by atoms with Gasteiger partial charge >= 0.3 is 33.5 Å². The summed E-state index contributed by atoms with van der Waals surface area (Å²) < 4.78 is 100. The van der Waals surface area contributed by atoms with Crippen molar-refractivity contribution in [2.75, 3.05) is 0 Å². The van der Waals surface area contributed by atoms with Gasteiger partial charge in [-0.15, -0.1) is 3.89 Å². The third kappa shape index (κ3) is 3.22. The third-order valence-electron chi connectivity index (χ3n) is 1.81. The summed E-state index contributed by atoms with van der Waals surface area (Å²) in [6.07, 6.45) is -6.17. The number of alkyl halides is 5. The minimum absolute atomic E-state index is 0.985. The quantitative estimate of drug-likeness (QED) is 0.318. The molecule has 20 heavy (non-hydrogen) atoms. The first kappa shape index (κ1) is 18.7. The summed E-state index contributed by atoms with van der Waals surface area (Å²) in [5, 5.41) is -5.57. The Morgan fingerprint density at radius 1 is 1.10 bits per heavy atom. The Morgan fingerprint density at radius 3 is 1.75 bits per heavy atom. The second-order valence-electron chi connectivity index (χ2n) is 3.74. The lowest BCUT2D eigenvalue weighted by Gasteiger charge is -2.23. The van der Waals surface area contributed by atoms with E-state index < -0.39 is 45.4 Å². The van der Waals surface area contributed by atoms with Gasteiger partial charge in [0.1, 0.15) is 0 Å². The summed E-state index contributed by atoms with van der Waals surface area (Å²) in [7, 11) is -6.93. The molecule has 1 atom stereocenters. The monoisotopic (exact) mass is 330 g/mol. The van der Waals surface area contributed by atoms with Crippen LogP contribution in [0.25, 0.3) is 0 Å². The smallest absolute Gasteiger partial charge is 0.397 e. The fourth-order valence-electron chi connectivity index (χ4n) is 0.906. The molecule has 0 N–H and O–H groups in total. The highest BCUT2D eigenvalue weighted by atomic mass is 32.3. The summed E-state index contributed by atoms with van der Waals surface area (Å²) in [6, 6.07) is 0. The lowest BCUT2D eigenvalue weighted by Crippen LogP contribution is -2.57. The number of ether oxygens (including phenoxy) is 1. The molecule has 0 bridgehead atoms. The fraction of sp³-hybridized carbons (Fsp3) is 0.750. The second-order valence-corrected chi connectivity index (χ2v) is 5.18. The van der Waals surface area contributed by atoms with Crippen LogP contribution in [0.3, 0.4) is 0 Å². The van der Waals surface area contributed by atoms with Crippen LogP contribution < -0.4 is 0 Å². The zero-order valence-corrected chi connectivity index (χ0v) is 10.7. The average molecular weight is 330 g/mol. The van der Waals surface area contributed by atoms with Crippen molar-refractivity contribution in [2.24, 2.45) is 0 Å². The molecule has 0 saturated carbocycles. The molecule has 0 amide bonds. The third-order valence-corrected chi connectivity index (χ3v) is 2.83. The molecule has 0 aromatic heterocycles. The van der Waals surface area contributed by atoms with Gasteiger partial charge in [-0.05, 0) is 13.8 Å². The van der Waals surface area contributed by atoms with Gasteiger partial charge in [-0.25, -0.2) is 18.0 Å². The number of ketones is 1. The molecule has 0 aliphatic carbocycles. The molecule has 118 valence electrons. The lowest BCUT2D eigenvalue weighted by atomic mass is 10.1. The van der Waals surface area contributed by atoms with Gasteiger partial charge < -0.3 is 4.74 Å². The number of halogens is 6. The van der Waals surface area contributed by atoms with E-state index in [0.29, 0.717) is 0 Å². The first-order chi connectivity index (χ1) is 8.69. The molecule has 0 aromatic carbocycles. The maximum absolute atomic E-state index is 13.7. The van der Waals surface area contributed by atoms with Crippen LogP contribution in [0.15, 0.2) is 0 Å². The van der Waals surface area contributed by atoms with Crippen LogP contribution >= 0.6 is 0 Å². The summed E-state index contributed by atoms with van der Waals surface area (Å²) in [5.74, 6) is -12.5. The van der Waals surface area contributed by atoms with Gasteiger partial charge in [0.25, 0.3) is 5.78 Å². The number of carbonyl (C=O) groups excluding carboxylic acids is 2. The van der Waals surface area contributed by atoms with Crippen molar-refractivity contribution in [1.29, 1.82) is 0 Å². The summed E-state index contributed by atoms with van der Waals surface area (Å²) in [5.41, 5.74) is 0. The minimum Gasteiger partial charge on any atom is -0.459 e. The Kier molecular flexibility index (Phi) is 5.21. The number of carbonyl (C=O) groups is 2. The van der Waals surface area contributed by atoms with Gasteiger partial charge in [0.2, 0.25) is 0 Å². The standard InChI is InChI=1S/C8H8F6O5S/c1-3(2)19-6(16)8(13,20(14,17)18)4(15)7(11,12)5(9)10/h3,5H,1-2H3. The van der Waals surface area contributed by atoms with E-state index in [0.717, 1.165) is 13.8 Å². The zero-order valence-electron chi connectivity index (χ0n) is 9.87. The Morgan fingerprint density at radius 2 is 1.50 bits per heavy atom. The van der Waals surface area contributed by atoms with Crippen LogP contribution in [-0.2, 0) is 24.5 Å². The van der Waals surface area contributed by atoms with E-state index in [1.165, 1.54) is 0 Å². The van der Waals surface area contributed by atoms with E-state index in [9.17, 15) is 43.8 Å². The minimum atomic E-state index is -6.93. The van der Waals surface area contributed by atoms with Gasteiger partial charge in [-0.3, -0.25) is 4.79 Å². The van der Waals surface area contributed by atoms with Crippen molar-refractivity contribution < 1.29 is 48.6 Å². The SMILES string of the molecule is CC(C)OC(=O)C(F)(C(=O)C(F)(F)C(F)F)S(=O)(=O)F. The van der Waals surface area contributed by atoms with Crippen LogP contribution in [0.2, 0.25) is 0 Å². The highest BCUT2D eigenvalue weighted by molar-refractivity contribution is 7.89. The lowest BCUT2D eigenvalue weighted by molar-refractivity contribution is -0.182. The normalized spacial score (nSPS) is 16.1. The van der Waals surface area contributed by atoms with Crippen LogP contribution in [0.4, 0.5) is 25.8 Å².